The Morgan fingerprint density at radius 2 is 1.87 bits per heavy atom. The molecule has 0 bridgehead atoms. The van der Waals surface area contributed by atoms with Crippen molar-refractivity contribution in [3.8, 4) is 0 Å². The first-order valence-corrected chi connectivity index (χ1v) is 4.14. The van der Waals surface area contributed by atoms with Crippen LogP contribution < -0.4 is 29.6 Å². The monoisotopic (exact) mass is 218 g/mol. The van der Waals surface area contributed by atoms with Gasteiger partial charge in [-0.05, 0) is 12.1 Å². The fourth-order valence-corrected chi connectivity index (χ4v) is 0.889. The van der Waals surface area contributed by atoms with Gasteiger partial charge in [-0.15, -0.1) is 0 Å². The van der Waals surface area contributed by atoms with E-state index >= 15 is 0 Å². The van der Waals surface area contributed by atoms with Gasteiger partial charge >= 0.3 is 41.5 Å². The van der Waals surface area contributed by atoms with Gasteiger partial charge < -0.3 is 11.3 Å². The summed E-state index contributed by atoms with van der Waals surface area (Å²) in [6.07, 6.45) is -0.168. The van der Waals surface area contributed by atoms with Crippen LogP contribution in [0.3, 0.4) is 0 Å². The summed E-state index contributed by atoms with van der Waals surface area (Å²) in [6, 6.07) is 8.45. The van der Waals surface area contributed by atoms with Crippen LogP contribution in [-0.2, 0) is 9.53 Å². The number of hydrogen-bond donors (Lipinski definition) is 1. The summed E-state index contributed by atoms with van der Waals surface area (Å²) in [7, 11) is 0. The standard InChI is InChI=1S/C10H10O4.Na.H/c11-9(12)6-7-14-10(13)8-4-2-1-3-5-8;;/h1-5H,6-7H2,(H,11,12);;/q;+1;-1. The summed E-state index contributed by atoms with van der Waals surface area (Å²) >= 11 is 0. The molecule has 1 aromatic rings. The van der Waals surface area contributed by atoms with E-state index in [2.05, 4.69) is 0 Å². The maximum absolute atomic E-state index is 11.2. The second-order valence-electron chi connectivity index (χ2n) is 2.65. The van der Waals surface area contributed by atoms with Crippen LogP contribution in [0.25, 0.3) is 0 Å². The van der Waals surface area contributed by atoms with Crippen LogP contribution in [0.2, 0.25) is 0 Å². The number of carboxylic acids is 1. The predicted molar refractivity (Wildman–Crippen MR) is 50.1 cm³/mol. The Balaban J connectivity index is 0. The van der Waals surface area contributed by atoms with Gasteiger partial charge in [0.25, 0.3) is 0 Å². The zero-order valence-electron chi connectivity index (χ0n) is 9.47. The van der Waals surface area contributed by atoms with Gasteiger partial charge in [0.05, 0.1) is 12.0 Å². The van der Waals surface area contributed by atoms with Crippen molar-refractivity contribution in [2.24, 2.45) is 0 Å². The molecule has 15 heavy (non-hydrogen) atoms. The molecule has 5 heteroatoms. The molecule has 0 unspecified atom stereocenters. The van der Waals surface area contributed by atoms with Crippen LogP contribution in [-0.4, -0.2) is 23.7 Å². The summed E-state index contributed by atoms with van der Waals surface area (Å²) in [6.45, 7) is -0.0942. The Bertz CT molecular complexity index is 329. The Labute approximate surface area is 111 Å². The minimum atomic E-state index is -0.981. The molecular formula is C10H11NaO4. The van der Waals surface area contributed by atoms with E-state index in [-0.39, 0.29) is 44.0 Å². The van der Waals surface area contributed by atoms with Gasteiger partial charge in [0.1, 0.15) is 6.61 Å². The van der Waals surface area contributed by atoms with E-state index in [9.17, 15) is 9.59 Å². The number of rotatable bonds is 4. The van der Waals surface area contributed by atoms with E-state index in [0.717, 1.165) is 0 Å². The molecule has 0 aliphatic rings. The molecule has 0 fully saturated rings. The second-order valence-corrected chi connectivity index (χ2v) is 2.65. The van der Waals surface area contributed by atoms with Crippen LogP contribution in [0.4, 0.5) is 0 Å². The SMILES string of the molecule is O=C(O)CCOC(=O)c1ccccc1.[H-].[Na+]. The van der Waals surface area contributed by atoms with Crippen molar-refractivity contribution < 1.29 is 50.4 Å². The van der Waals surface area contributed by atoms with Crippen molar-refractivity contribution in [1.29, 1.82) is 0 Å². The first kappa shape index (κ1) is 14.2. The molecule has 0 heterocycles. The molecule has 0 saturated carbocycles. The quantitative estimate of drug-likeness (QED) is 0.490. The third-order valence-electron chi connectivity index (χ3n) is 1.56. The number of carbonyl (C=O) groups is 2. The second kappa shape index (κ2) is 7.45. The molecular weight excluding hydrogens is 207 g/mol. The molecule has 0 radical (unpaired) electrons. The molecule has 76 valence electrons. The van der Waals surface area contributed by atoms with Crippen molar-refractivity contribution in [3.05, 3.63) is 35.9 Å². The smallest absolute Gasteiger partial charge is 1.00 e. The summed E-state index contributed by atoms with van der Waals surface area (Å²) in [5, 5.41) is 8.31. The Hall–Kier alpha value is -0.840. The maximum atomic E-state index is 11.2. The fourth-order valence-electron chi connectivity index (χ4n) is 0.889. The van der Waals surface area contributed by atoms with Gasteiger partial charge in [0, 0.05) is 0 Å². The van der Waals surface area contributed by atoms with Gasteiger partial charge in [-0.3, -0.25) is 4.79 Å². The van der Waals surface area contributed by atoms with E-state index in [0.29, 0.717) is 5.56 Å². The molecule has 0 atom stereocenters. The van der Waals surface area contributed by atoms with Crippen LogP contribution in [0, 0.1) is 0 Å². The zero-order chi connectivity index (χ0) is 10.4. The van der Waals surface area contributed by atoms with Crippen LogP contribution in [0.5, 0.6) is 0 Å². The first-order valence-electron chi connectivity index (χ1n) is 4.14. The zero-order valence-corrected chi connectivity index (χ0v) is 10.5. The number of esters is 1. The number of benzene rings is 1. The van der Waals surface area contributed by atoms with Gasteiger partial charge in [-0.2, -0.15) is 0 Å². The fraction of sp³-hybridized carbons (Fsp3) is 0.200. The number of hydrogen-bond acceptors (Lipinski definition) is 3. The van der Waals surface area contributed by atoms with E-state index in [1.54, 1.807) is 30.3 Å². The van der Waals surface area contributed by atoms with Crippen molar-refractivity contribution in [3.63, 3.8) is 0 Å². The molecule has 4 nitrogen and oxygen atoms in total. The van der Waals surface area contributed by atoms with Crippen molar-refractivity contribution >= 4 is 11.9 Å². The summed E-state index contributed by atoms with van der Waals surface area (Å²) in [5.41, 5.74) is 0.429. The third-order valence-corrected chi connectivity index (χ3v) is 1.56. The normalized spacial score (nSPS) is 8.80. The Morgan fingerprint density at radius 3 is 2.40 bits per heavy atom. The topological polar surface area (TPSA) is 63.6 Å². The van der Waals surface area contributed by atoms with Gasteiger partial charge in [-0.25, -0.2) is 4.79 Å². The molecule has 0 spiro atoms. The van der Waals surface area contributed by atoms with Crippen LogP contribution in [0.15, 0.2) is 30.3 Å². The summed E-state index contributed by atoms with van der Waals surface area (Å²) < 4.78 is 4.72. The summed E-state index contributed by atoms with van der Waals surface area (Å²) in [5.74, 6) is -1.47. The predicted octanol–water partition coefficient (Wildman–Crippen LogP) is -1.57. The molecule has 0 amide bonds. The van der Waals surface area contributed by atoms with Crippen LogP contribution in [0.1, 0.15) is 18.2 Å². The van der Waals surface area contributed by atoms with Crippen molar-refractivity contribution in [1.82, 2.24) is 0 Å². The van der Waals surface area contributed by atoms with E-state index in [4.69, 9.17) is 9.84 Å². The first-order chi connectivity index (χ1) is 6.70. The Morgan fingerprint density at radius 1 is 1.27 bits per heavy atom. The molecule has 1 rings (SSSR count). The van der Waals surface area contributed by atoms with Crippen LogP contribution >= 0.6 is 0 Å². The van der Waals surface area contributed by atoms with E-state index in [1.165, 1.54) is 0 Å². The van der Waals surface area contributed by atoms with E-state index < -0.39 is 11.9 Å². The maximum Gasteiger partial charge on any atom is 1.00 e. The van der Waals surface area contributed by atoms with Crippen molar-refractivity contribution in [2.45, 2.75) is 6.42 Å². The molecule has 0 aliphatic carbocycles. The molecule has 0 aromatic heterocycles. The Kier molecular flexibility index (Phi) is 7.03. The molecule has 0 aliphatic heterocycles. The largest absolute Gasteiger partial charge is 1.00 e. The summed E-state index contributed by atoms with van der Waals surface area (Å²) in [4.78, 5) is 21.3. The average Bonchev–Trinajstić information content (AvgIpc) is 2.18. The third kappa shape index (κ3) is 5.57. The van der Waals surface area contributed by atoms with Crippen molar-refractivity contribution in [2.75, 3.05) is 6.61 Å². The van der Waals surface area contributed by atoms with Gasteiger partial charge in [0.15, 0.2) is 0 Å². The van der Waals surface area contributed by atoms with E-state index in [1.807, 2.05) is 0 Å². The van der Waals surface area contributed by atoms with Gasteiger partial charge in [0.2, 0.25) is 0 Å². The number of ether oxygens (including phenoxy) is 1. The average molecular weight is 218 g/mol. The minimum absolute atomic E-state index is 0. The number of carboxylic acid groups (broad SMARTS) is 1. The number of carbonyl (C=O) groups excluding carboxylic acids is 1. The molecule has 0 saturated heterocycles. The van der Waals surface area contributed by atoms with Gasteiger partial charge in [-0.1, -0.05) is 18.2 Å². The minimum Gasteiger partial charge on any atom is -1.00 e. The number of aliphatic carboxylic acids is 1. The molecule has 1 N–H and O–H groups in total. The molecule has 1 aromatic carbocycles.